The zero-order chi connectivity index (χ0) is 21.1. The number of piperazine rings is 1. The summed E-state index contributed by atoms with van der Waals surface area (Å²) >= 11 is 3.44. The molecule has 2 aliphatic rings. The van der Waals surface area contributed by atoms with E-state index in [1.165, 1.54) is 0 Å². The third kappa shape index (κ3) is 4.35. The zero-order valence-corrected chi connectivity index (χ0v) is 18.4. The van der Waals surface area contributed by atoms with Crippen molar-refractivity contribution in [1.29, 1.82) is 0 Å². The van der Waals surface area contributed by atoms with E-state index in [1.54, 1.807) is 7.11 Å². The summed E-state index contributed by atoms with van der Waals surface area (Å²) in [6.45, 7) is 2.14. The molecule has 7 nitrogen and oxygen atoms in total. The second-order valence-corrected chi connectivity index (χ2v) is 8.36. The number of hydrazine groups is 1. The van der Waals surface area contributed by atoms with E-state index in [0.717, 1.165) is 15.8 Å². The van der Waals surface area contributed by atoms with Crippen LogP contribution in [0.15, 0.2) is 53.0 Å². The quantitative estimate of drug-likeness (QED) is 0.714. The number of carbonyl (C=O) groups excluding carboxylic acids is 2. The van der Waals surface area contributed by atoms with Gasteiger partial charge in [-0.2, -0.15) is 0 Å². The first-order chi connectivity index (χ1) is 14.6. The van der Waals surface area contributed by atoms with Crippen molar-refractivity contribution in [3.63, 3.8) is 0 Å². The third-order valence-corrected chi connectivity index (χ3v) is 6.37. The van der Waals surface area contributed by atoms with E-state index in [-0.39, 0.29) is 23.9 Å². The fourth-order valence-corrected chi connectivity index (χ4v) is 4.40. The number of hydrogen-bond donors (Lipinski definition) is 2. The molecule has 8 heteroatoms. The number of amides is 2. The molecule has 2 saturated heterocycles. The Hall–Kier alpha value is -2.42. The number of benzene rings is 2. The van der Waals surface area contributed by atoms with Crippen LogP contribution in [0.3, 0.4) is 0 Å². The molecule has 158 valence electrons. The second kappa shape index (κ2) is 9.16. The predicted octanol–water partition coefficient (Wildman–Crippen LogP) is 2.35. The highest BCUT2D eigenvalue weighted by Crippen LogP contribution is 2.26. The summed E-state index contributed by atoms with van der Waals surface area (Å²) in [5.41, 5.74) is 8.10. The Kier molecular flexibility index (Phi) is 6.36. The van der Waals surface area contributed by atoms with Gasteiger partial charge in [-0.25, -0.2) is 10.9 Å². The SMILES string of the molecule is COc1cccc(C2CC(C(=O)N3CCN(C(=O)c4ccccc4Br)CC3)NN2)c1. The van der Waals surface area contributed by atoms with Crippen molar-refractivity contribution >= 4 is 27.7 Å². The Labute approximate surface area is 184 Å². The molecule has 2 unspecified atom stereocenters. The molecule has 0 bridgehead atoms. The Balaban J connectivity index is 1.32. The van der Waals surface area contributed by atoms with Crippen LogP contribution in [0.25, 0.3) is 0 Å². The third-order valence-electron chi connectivity index (χ3n) is 5.68. The van der Waals surface area contributed by atoms with Gasteiger partial charge in [0.15, 0.2) is 0 Å². The summed E-state index contributed by atoms with van der Waals surface area (Å²) in [6.07, 6.45) is 0.669. The van der Waals surface area contributed by atoms with Crippen LogP contribution in [-0.2, 0) is 4.79 Å². The molecule has 2 heterocycles. The highest BCUT2D eigenvalue weighted by Gasteiger charge is 2.35. The minimum atomic E-state index is -0.285. The normalized spacial score (nSPS) is 21.5. The van der Waals surface area contributed by atoms with Gasteiger partial charge in [-0.3, -0.25) is 9.59 Å². The average Bonchev–Trinajstić information content (AvgIpc) is 3.29. The molecule has 2 N–H and O–H groups in total. The summed E-state index contributed by atoms with van der Waals surface area (Å²) in [5.74, 6) is 0.865. The van der Waals surface area contributed by atoms with E-state index in [2.05, 4.69) is 26.8 Å². The molecule has 0 saturated carbocycles. The van der Waals surface area contributed by atoms with E-state index in [9.17, 15) is 9.59 Å². The molecule has 2 atom stereocenters. The van der Waals surface area contributed by atoms with E-state index >= 15 is 0 Å². The van der Waals surface area contributed by atoms with Crippen LogP contribution >= 0.6 is 15.9 Å². The highest BCUT2D eigenvalue weighted by molar-refractivity contribution is 9.10. The lowest BCUT2D eigenvalue weighted by Crippen LogP contribution is -2.54. The number of carbonyl (C=O) groups is 2. The zero-order valence-electron chi connectivity index (χ0n) is 16.8. The Morgan fingerprint density at radius 1 is 1.00 bits per heavy atom. The lowest BCUT2D eigenvalue weighted by molar-refractivity contribution is -0.134. The lowest BCUT2D eigenvalue weighted by Gasteiger charge is -2.36. The smallest absolute Gasteiger partial charge is 0.255 e. The number of halogens is 1. The Morgan fingerprint density at radius 2 is 1.73 bits per heavy atom. The summed E-state index contributed by atoms with van der Waals surface area (Å²) in [6, 6.07) is 15.1. The van der Waals surface area contributed by atoms with Gasteiger partial charge in [-0.05, 0) is 52.2 Å². The average molecular weight is 473 g/mol. The topological polar surface area (TPSA) is 73.9 Å². The van der Waals surface area contributed by atoms with Crippen LogP contribution in [0.5, 0.6) is 5.75 Å². The Bertz CT molecular complexity index is 930. The van der Waals surface area contributed by atoms with Gasteiger partial charge >= 0.3 is 0 Å². The van der Waals surface area contributed by atoms with E-state index in [4.69, 9.17) is 4.74 Å². The molecule has 2 aromatic carbocycles. The van der Waals surface area contributed by atoms with Gasteiger partial charge < -0.3 is 14.5 Å². The van der Waals surface area contributed by atoms with Gasteiger partial charge in [-0.1, -0.05) is 24.3 Å². The molecular weight excluding hydrogens is 448 g/mol. The first-order valence-corrected chi connectivity index (χ1v) is 10.8. The molecule has 2 fully saturated rings. The molecule has 0 radical (unpaired) electrons. The second-order valence-electron chi connectivity index (χ2n) is 7.50. The number of methoxy groups -OCH3 is 1. The molecular formula is C22H25BrN4O3. The van der Waals surface area contributed by atoms with Crippen molar-refractivity contribution in [3.05, 3.63) is 64.1 Å². The highest BCUT2D eigenvalue weighted by atomic mass is 79.9. The standard InChI is InChI=1S/C22H25BrN4O3/c1-30-16-6-4-5-15(13-16)19-14-20(25-24-19)22(29)27-11-9-26(10-12-27)21(28)17-7-2-3-8-18(17)23/h2-8,13,19-20,24-25H,9-12,14H2,1H3. The number of hydrogen-bond acceptors (Lipinski definition) is 5. The van der Waals surface area contributed by atoms with Gasteiger partial charge in [0.1, 0.15) is 11.8 Å². The molecule has 2 amide bonds. The maximum atomic E-state index is 13.0. The fraction of sp³-hybridized carbons (Fsp3) is 0.364. The van der Waals surface area contributed by atoms with Gasteiger partial charge in [-0.15, -0.1) is 0 Å². The minimum Gasteiger partial charge on any atom is -0.497 e. The fourth-order valence-electron chi connectivity index (χ4n) is 3.95. The lowest BCUT2D eigenvalue weighted by atomic mass is 10.0. The van der Waals surface area contributed by atoms with Gasteiger partial charge in [0.25, 0.3) is 5.91 Å². The monoisotopic (exact) mass is 472 g/mol. The van der Waals surface area contributed by atoms with Crippen molar-refractivity contribution < 1.29 is 14.3 Å². The van der Waals surface area contributed by atoms with Crippen LogP contribution in [0.4, 0.5) is 0 Å². The van der Waals surface area contributed by atoms with Crippen LogP contribution in [0.2, 0.25) is 0 Å². The van der Waals surface area contributed by atoms with Crippen LogP contribution in [-0.4, -0.2) is 60.9 Å². The molecule has 0 spiro atoms. The van der Waals surface area contributed by atoms with Crippen molar-refractivity contribution in [1.82, 2.24) is 20.7 Å². The minimum absolute atomic E-state index is 0.00618. The van der Waals surface area contributed by atoms with Crippen molar-refractivity contribution in [2.45, 2.75) is 18.5 Å². The molecule has 0 aliphatic carbocycles. The van der Waals surface area contributed by atoms with Crippen LogP contribution in [0, 0.1) is 0 Å². The van der Waals surface area contributed by atoms with E-state index < -0.39 is 0 Å². The van der Waals surface area contributed by atoms with Crippen molar-refractivity contribution in [2.24, 2.45) is 0 Å². The van der Waals surface area contributed by atoms with Gasteiger partial charge in [0, 0.05) is 36.7 Å². The largest absolute Gasteiger partial charge is 0.497 e. The molecule has 4 rings (SSSR count). The summed E-state index contributed by atoms with van der Waals surface area (Å²) in [5, 5.41) is 0. The van der Waals surface area contributed by atoms with Crippen molar-refractivity contribution in [2.75, 3.05) is 33.3 Å². The van der Waals surface area contributed by atoms with Crippen LogP contribution in [0.1, 0.15) is 28.4 Å². The van der Waals surface area contributed by atoms with E-state index in [0.29, 0.717) is 38.2 Å². The molecule has 30 heavy (non-hydrogen) atoms. The van der Waals surface area contributed by atoms with Gasteiger partial charge in [0.05, 0.1) is 12.7 Å². The predicted molar refractivity (Wildman–Crippen MR) is 117 cm³/mol. The van der Waals surface area contributed by atoms with Crippen LogP contribution < -0.4 is 15.6 Å². The first-order valence-electron chi connectivity index (χ1n) is 10.0. The molecule has 2 aliphatic heterocycles. The Morgan fingerprint density at radius 3 is 2.47 bits per heavy atom. The maximum Gasteiger partial charge on any atom is 0.255 e. The number of rotatable bonds is 4. The maximum absolute atomic E-state index is 13.0. The number of ether oxygens (including phenoxy) is 1. The first kappa shape index (κ1) is 20.8. The molecule has 0 aromatic heterocycles. The number of nitrogens with one attached hydrogen (secondary N) is 2. The summed E-state index contributed by atoms with van der Waals surface area (Å²) in [7, 11) is 1.65. The van der Waals surface area contributed by atoms with Crippen molar-refractivity contribution in [3.8, 4) is 5.75 Å². The number of nitrogens with zero attached hydrogens (tertiary/aromatic N) is 2. The molecule has 2 aromatic rings. The van der Waals surface area contributed by atoms with E-state index in [1.807, 2.05) is 58.3 Å². The summed E-state index contributed by atoms with van der Waals surface area (Å²) in [4.78, 5) is 29.4. The van der Waals surface area contributed by atoms with Gasteiger partial charge in [0.2, 0.25) is 5.91 Å². The summed E-state index contributed by atoms with van der Waals surface area (Å²) < 4.78 is 6.08.